The second-order valence-corrected chi connectivity index (χ2v) is 7.47. The Morgan fingerprint density at radius 1 is 1.42 bits per heavy atom. The molecule has 1 fully saturated rings. The van der Waals surface area contributed by atoms with E-state index in [-0.39, 0.29) is 23.4 Å². The van der Waals surface area contributed by atoms with Gasteiger partial charge in [0.1, 0.15) is 17.1 Å². The van der Waals surface area contributed by atoms with E-state index in [4.69, 9.17) is 10.2 Å². The van der Waals surface area contributed by atoms with Crippen LogP contribution in [0.4, 0.5) is 15.8 Å². The lowest BCUT2D eigenvalue weighted by Gasteiger charge is -2.15. The summed E-state index contributed by atoms with van der Waals surface area (Å²) in [7, 11) is 0. The van der Waals surface area contributed by atoms with Crippen molar-refractivity contribution in [1.82, 2.24) is 9.88 Å². The molecular weight excluding hydrogens is 450 g/mol. The number of fused-ring (bicyclic) bond motifs is 1. The van der Waals surface area contributed by atoms with Crippen molar-refractivity contribution < 1.29 is 13.6 Å². The van der Waals surface area contributed by atoms with Gasteiger partial charge < -0.3 is 20.4 Å². The SMILES string of the molecule is NC1CCN(C(=O)c2oc3ccncc3c2Nc2ccc(I)cc2F)C1. The van der Waals surface area contributed by atoms with Gasteiger partial charge in [0, 0.05) is 35.1 Å². The number of hydrogen-bond donors (Lipinski definition) is 2. The average Bonchev–Trinajstić information content (AvgIpc) is 3.21. The molecule has 1 aromatic carbocycles. The number of amides is 1. The molecule has 1 aliphatic rings. The van der Waals surface area contributed by atoms with Gasteiger partial charge in [-0.25, -0.2) is 4.39 Å². The third kappa shape index (κ3) is 3.14. The fraction of sp³-hybridized carbons (Fsp3) is 0.222. The summed E-state index contributed by atoms with van der Waals surface area (Å²) in [6.07, 6.45) is 3.93. The molecule has 26 heavy (non-hydrogen) atoms. The van der Waals surface area contributed by atoms with E-state index in [9.17, 15) is 9.18 Å². The molecule has 3 N–H and O–H groups in total. The number of nitrogens with zero attached hydrogens (tertiary/aromatic N) is 2. The summed E-state index contributed by atoms with van der Waals surface area (Å²) in [6, 6.07) is 6.48. The maximum atomic E-state index is 14.3. The number of anilines is 2. The van der Waals surface area contributed by atoms with E-state index in [2.05, 4.69) is 10.3 Å². The zero-order valence-corrected chi connectivity index (χ0v) is 15.9. The van der Waals surface area contributed by atoms with Crippen molar-refractivity contribution in [3.63, 3.8) is 0 Å². The molecule has 0 bridgehead atoms. The van der Waals surface area contributed by atoms with E-state index in [0.717, 1.165) is 9.99 Å². The van der Waals surface area contributed by atoms with E-state index in [1.165, 1.54) is 6.07 Å². The molecule has 0 radical (unpaired) electrons. The van der Waals surface area contributed by atoms with E-state index >= 15 is 0 Å². The highest BCUT2D eigenvalue weighted by Crippen LogP contribution is 2.35. The normalized spacial score (nSPS) is 17.0. The van der Waals surface area contributed by atoms with Gasteiger partial charge in [0.05, 0.1) is 11.1 Å². The minimum atomic E-state index is -0.406. The summed E-state index contributed by atoms with van der Waals surface area (Å²) in [5, 5.41) is 3.64. The number of pyridine rings is 1. The number of benzene rings is 1. The molecule has 0 aliphatic carbocycles. The summed E-state index contributed by atoms with van der Waals surface area (Å²) in [5.74, 6) is -0.528. The quantitative estimate of drug-likeness (QED) is 0.578. The molecule has 8 heteroatoms. The van der Waals surface area contributed by atoms with Gasteiger partial charge in [0.15, 0.2) is 0 Å². The monoisotopic (exact) mass is 466 g/mol. The third-order valence-corrected chi connectivity index (χ3v) is 5.06. The Morgan fingerprint density at radius 2 is 2.27 bits per heavy atom. The van der Waals surface area contributed by atoms with Crippen LogP contribution in [0.2, 0.25) is 0 Å². The number of halogens is 2. The van der Waals surface area contributed by atoms with Gasteiger partial charge in [0.2, 0.25) is 5.76 Å². The molecule has 1 atom stereocenters. The van der Waals surface area contributed by atoms with Gasteiger partial charge in [-0.2, -0.15) is 0 Å². The highest BCUT2D eigenvalue weighted by Gasteiger charge is 2.30. The minimum absolute atomic E-state index is 0.0324. The molecule has 134 valence electrons. The molecule has 1 saturated heterocycles. The molecule has 1 aliphatic heterocycles. The molecule has 3 aromatic rings. The lowest BCUT2D eigenvalue weighted by atomic mass is 10.2. The van der Waals surface area contributed by atoms with Gasteiger partial charge in [-0.3, -0.25) is 9.78 Å². The number of rotatable bonds is 3. The summed E-state index contributed by atoms with van der Waals surface area (Å²) in [4.78, 5) is 18.7. The molecule has 0 saturated carbocycles. The molecule has 3 heterocycles. The van der Waals surface area contributed by atoms with E-state index in [0.29, 0.717) is 29.7 Å². The predicted octanol–water partition coefficient (Wildman–Crippen LogP) is 3.49. The first-order valence-corrected chi connectivity index (χ1v) is 9.24. The van der Waals surface area contributed by atoms with Gasteiger partial charge >= 0.3 is 0 Å². The zero-order chi connectivity index (χ0) is 18.3. The maximum absolute atomic E-state index is 14.3. The van der Waals surface area contributed by atoms with Crippen LogP contribution < -0.4 is 11.1 Å². The molecule has 6 nitrogen and oxygen atoms in total. The first-order valence-electron chi connectivity index (χ1n) is 8.16. The molecule has 1 amide bonds. The lowest BCUT2D eigenvalue weighted by molar-refractivity contribution is 0.0763. The highest BCUT2D eigenvalue weighted by molar-refractivity contribution is 14.1. The summed E-state index contributed by atoms with van der Waals surface area (Å²) >= 11 is 2.04. The standard InChI is InChI=1S/C18H16FIN4O2/c19-13-7-10(20)1-2-14(13)23-16-12-8-22-5-3-15(12)26-17(16)18(25)24-6-4-11(21)9-24/h1-3,5,7-8,11,23H,4,6,9,21H2. The summed E-state index contributed by atoms with van der Waals surface area (Å²) in [6.45, 7) is 1.05. The van der Waals surface area contributed by atoms with Crippen molar-refractivity contribution in [2.45, 2.75) is 12.5 Å². The Balaban J connectivity index is 1.78. The largest absolute Gasteiger partial charge is 0.448 e. The number of likely N-dealkylation sites (tertiary alicyclic amines) is 1. The van der Waals surface area contributed by atoms with E-state index < -0.39 is 5.82 Å². The molecule has 1 unspecified atom stereocenters. The Bertz CT molecular complexity index is 990. The smallest absolute Gasteiger partial charge is 0.291 e. The van der Waals surface area contributed by atoms with E-state index in [1.807, 2.05) is 22.6 Å². The van der Waals surface area contributed by atoms with Crippen molar-refractivity contribution in [2.75, 3.05) is 18.4 Å². The second kappa shape index (κ2) is 6.84. The number of aromatic nitrogens is 1. The van der Waals surface area contributed by atoms with Crippen LogP contribution in [0.3, 0.4) is 0 Å². The average molecular weight is 466 g/mol. The summed E-state index contributed by atoms with van der Waals surface area (Å²) < 4.78 is 20.9. The molecule has 4 rings (SSSR count). The lowest BCUT2D eigenvalue weighted by Crippen LogP contribution is -2.32. The van der Waals surface area contributed by atoms with Crippen molar-refractivity contribution in [3.05, 3.63) is 51.8 Å². The van der Waals surface area contributed by atoms with Crippen LogP contribution in [0.5, 0.6) is 0 Å². The molecular formula is C18H16FIN4O2. The van der Waals surface area contributed by atoms with Crippen LogP contribution in [-0.2, 0) is 0 Å². The fourth-order valence-electron chi connectivity index (χ4n) is 3.06. The Kier molecular flexibility index (Phi) is 4.53. The van der Waals surface area contributed by atoms with E-state index in [1.54, 1.807) is 35.5 Å². The van der Waals surface area contributed by atoms with Crippen LogP contribution in [0, 0.1) is 9.39 Å². The highest BCUT2D eigenvalue weighted by atomic mass is 127. The number of hydrogen-bond acceptors (Lipinski definition) is 5. The van der Waals surface area contributed by atoms with Gasteiger partial charge in [0.25, 0.3) is 5.91 Å². The second-order valence-electron chi connectivity index (χ2n) is 6.23. The minimum Gasteiger partial charge on any atom is -0.448 e. The number of nitrogens with two attached hydrogens (primary N) is 1. The van der Waals surface area contributed by atoms with Gasteiger partial charge in [-0.05, 0) is 53.3 Å². The number of carbonyl (C=O) groups is 1. The number of nitrogens with one attached hydrogen (secondary N) is 1. The molecule has 2 aromatic heterocycles. The topological polar surface area (TPSA) is 84.4 Å². The number of carbonyl (C=O) groups excluding carboxylic acids is 1. The maximum Gasteiger partial charge on any atom is 0.291 e. The third-order valence-electron chi connectivity index (χ3n) is 4.39. The first-order chi connectivity index (χ1) is 12.5. The van der Waals surface area contributed by atoms with Gasteiger partial charge in [-0.1, -0.05) is 0 Å². The van der Waals surface area contributed by atoms with Crippen molar-refractivity contribution >= 4 is 50.8 Å². The Hall–Kier alpha value is -2.20. The van der Waals surface area contributed by atoms with Gasteiger partial charge in [-0.15, -0.1) is 0 Å². The van der Waals surface area contributed by atoms with Crippen LogP contribution in [-0.4, -0.2) is 34.9 Å². The Morgan fingerprint density at radius 3 is 3.00 bits per heavy atom. The fourth-order valence-corrected chi connectivity index (χ4v) is 3.51. The number of furan rings is 1. The van der Waals surface area contributed by atoms with Crippen molar-refractivity contribution in [2.24, 2.45) is 5.73 Å². The summed E-state index contributed by atoms with van der Waals surface area (Å²) in [5.41, 5.74) is 7.11. The molecule has 0 spiro atoms. The van der Waals surface area contributed by atoms with Crippen LogP contribution >= 0.6 is 22.6 Å². The first kappa shape index (κ1) is 17.2. The van der Waals surface area contributed by atoms with Crippen molar-refractivity contribution in [1.29, 1.82) is 0 Å². The Labute approximate surface area is 162 Å². The zero-order valence-electron chi connectivity index (χ0n) is 13.7. The van der Waals surface area contributed by atoms with Crippen LogP contribution in [0.15, 0.2) is 41.1 Å². The van der Waals surface area contributed by atoms with Crippen molar-refractivity contribution in [3.8, 4) is 0 Å². The van der Waals surface area contributed by atoms with Crippen LogP contribution in [0.1, 0.15) is 17.0 Å². The van der Waals surface area contributed by atoms with Crippen LogP contribution in [0.25, 0.3) is 11.0 Å². The predicted molar refractivity (Wildman–Crippen MR) is 105 cm³/mol.